The highest BCUT2D eigenvalue weighted by atomic mass is 32.2. The largest absolute Gasteiger partial charge is 0.354 e. The van der Waals surface area contributed by atoms with Gasteiger partial charge in [-0.2, -0.15) is 0 Å². The Morgan fingerprint density at radius 2 is 1.45 bits per heavy atom. The lowest BCUT2D eigenvalue weighted by Crippen LogP contribution is -2.51. The number of sulfonamides is 1. The first kappa shape index (κ1) is 28.9. The molecule has 1 N–H and O–H groups in total. The minimum absolute atomic E-state index is 0.0889. The summed E-state index contributed by atoms with van der Waals surface area (Å²) in [5, 5.41) is 2.90. The Bertz CT molecular complexity index is 1340. The lowest BCUT2D eigenvalue weighted by Gasteiger charge is -2.32. The summed E-state index contributed by atoms with van der Waals surface area (Å²) in [4.78, 5) is 28.5. The van der Waals surface area contributed by atoms with Gasteiger partial charge in [0.2, 0.25) is 11.8 Å². The van der Waals surface area contributed by atoms with Gasteiger partial charge in [0.15, 0.2) is 0 Å². The molecule has 0 bridgehead atoms. The van der Waals surface area contributed by atoms with E-state index in [1.165, 1.54) is 17.0 Å². The molecule has 8 heteroatoms. The van der Waals surface area contributed by atoms with E-state index >= 15 is 0 Å². The predicted octanol–water partition coefficient (Wildman–Crippen LogP) is 4.69. The van der Waals surface area contributed by atoms with Crippen LogP contribution >= 0.6 is 0 Å². The third-order valence-electron chi connectivity index (χ3n) is 6.50. The lowest BCUT2D eigenvalue weighted by molar-refractivity contribution is -0.139. The summed E-state index contributed by atoms with van der Waals surface area (Å²) >= 11 is 0. The zero-order valence-corrected chi connectivity index (χ0v) is 23.5. The van der Waals surface area contributed by atoms with Crippen LogP contribution in [0.25, 0.3) is 0 Å². The first-order valence-electron chi connectivity index (χ1n) is 12.8. The number of hydrogen-bond donors (Lipinski definition) is 1. The average Bonchev–Trinajstić information content (AvgIpc) is 2.91. The zero-order chi connectivity index (χ0) is 27.9. The molecule has 0 heterocycles. The summed E-state index contributed by atoms with van der Waals surface area (Å²) in [6, 6.07) is 22.0. The smallest absolute Gasteiger partial charge is 0.264 e. The van der Waals surface area contributed by atoms with Crippen LogP contribution in [0.1, 0.15) is 37.5 Å². The fourth-order valence-electron chi connectivity index (χ4n) is 4.05. The molecule has 0 fully saturated rings. The number of amides is 2. The van der Waals surface area contributed by atoms with Crippen molar-refractivity contribution in [2.75, 3.05) is 17.4 Å². The number of carbonyl (C=O) groups is 2. The van der Waals surface area contributed by atoms with Gasteiger partial charge in [-0.15, -0.1) is 0 Å². The highest BCUT2D eigenvalue weighted by Gasteiger charge is 2.33. The molecule has 3 aromatic rings. The van der Waals surface area contributed by atoms with Crippen LogP contribution < -0.4 is 9.62 Å². The van der Waals surface area contributed by atoms with Crippen LogP contribution in [-0.4, -0.2) is 44.3 Å². The van der Waals surface area contributed by atoms with Gasteiger partial charge in [-0.05, 0) is 61.6 Å². The molecule has 3 rings (SSSR count). The van der Waals surface area contributed by atoms with Crippen LogP contribution in [0.3, 0.4) is 0 Å². The Morgan fingerprint density at radius 3 is 2.05 bits per heavy atom. The van der Waals surface area contributed by atoms with Crippen LogP contribution in [0, 0.1) is 19.8 Å². The van der Waals surface area contributed by atoms with Crippen molar-refractivity contribution in [3.05, 3.63) is 95.6 Å². The van der Waals surface area contributed by atoms with E-state index in [4.69, 9.17) is 0 Å². The van der Waals surface area contributed by atoms with Crippen molar-refractivity contribution in [2.45, 2.75) is 52.1 Å². The Morgan fingerprint density at radius 1 is 0.842 bits per heavy atom. The topological polar surface area (TPSA) is 86.8 Å². The first-order chi connectivity index (χ1) is 18.0. The van der Waals surface area contributed by atoms with Crippen LogP contribution in [0.4, 0.5) is 5.69 Å². The van der Waals surface area contributed by atoms with E-state index < -0.39 is 28.5 Å². The molecule has 0 aliphatic rings. The normalized spacial score (nSPS) is 12.2. The Kier molecular flexibility index (Phi) is 9.69. The number of nitrogens with zero attached hydrogens (tertiary/aromatic N) is 2. The van der Waals surface area contributed by atoms with E-state index in [0.717, 1.165) is 21.0 Å². The summed E-state index contributed by atoms with van der Waals surface area (Å²) in [6.07, 6.45) is 0. The second-order valence-electron chi connectivity index (χ2n) is 9.87. The summed E-state index contributed by atoms with van der Waals surface area (Å²) in [7, 11) is -4.08. The highest BCUT2D eigenvalue weighted by molar-refractivity contribution is 7.92. The third kappa shape index (κ3) is 7.01. The first-order valence-corrected chi connectivity index (χ1v) is 14.2. The number of benzene rings is 3. The van der Waals surface area contributed by atoms with Crippen molar-refractivity contribution in [1.82, 2.24) is 10.2 Å². The van der Waals surface area contributed by atoms with E-state index in [1.54, 1.807) is 37.3 Å². The summed E-state index contributed by atoms with van der Waals surface area (Å²) < 4.78 is 28.9. The van der Waals surface area contributed by atoms with E-state index in [9.17, 15) is 18.0 Å². The molecule has 0 radical (unpaired) electrons. The molecule has 0 spiro atoms. The molecule has 0 saturated carbocycles. The summed E-state index contributed by atoms with van der Waals surface area (Å²) in [5.41, 5.74) is 2.94. The Labute approximate surface area is 226 Å². The number of anilines is 1. The number of aryl methyl sites for hydroxylation is 1. The summed E-state index contributed by atoms with van der Waals surface area (Å²) in [6.45, 7) is 9.60. The minimum Gasteiger partial charge on any atom is -0.354 e. The van der Waals surface area contributed by atoms with Gasteiger partial charge in [-0.3, -0.25) is 13.9 Å². The molecule has 38 heavy (non-hydrogen) atoms. The SMILES string of the molecule is Cc1cccc(N(CC(=O)N(Cc2ccccc2)[C@@H](C)C(=O)NCC(C)C)S(=O)(=O)c2ccccc2)c1C. The molecule has 1 atom stereocenters. The number of nitrogens with one attached hydrogen (secondary N) is 1. The number of rotatable bonds is 11. The maximum absolute atomic E-state index is 13.9. The van der Waals surface area contributed by atoms with Gasteiger partial charge < -0.3 is 10.2 Å². The number of hydrogen-bond acceptors (Lipinski definition) is 4. The van der Waals surface area contributed by atoms with Gasteiger partial charge in [0, 0.05) is 13.1 Å². The molecule has 0 aliphatic carbocycles. The Hall–Kier alpha value is -3.65. The third-order valence-corrected chi connectivity index (χ3v) is 8.28. The van der Waals surface area contributed by atoms with Crippen molar-refractivity contribution in [1.29, 1.82) is 0 Å². The molecular formula is C30H37N3O4S. The quantitative estimate of drug-likeness (QED) is 0.386. The lowest BCUT2D eigenvalue weighted by atomic mass is 10.1. The Balaban J connectivity index is 2.03. The van der Waals surface area contributed by atoms with Crippen molar-refractivity contribution in [3.8, 4) is 0 Å². The molecule has 0 aromatic heterocycles. The molecule has 0 aliphatic heterocycles. The van der Waals surface area contributed by atoms with E-state index in [2.05, 4.69) is 5.32 Å². The highest BCUT2D eigenvalue weighted by Crippen LogP contribution is 2.29. The monoisotopic (exact) mass is 535 g/mol. The molecule has 0 unspecified atom stereocenters. The van der Waals surface area contributed by atoms with Gasteiger partial charge in [-0.25, -0.2) is 8.42 Å². The molecule has 7 nitrogen and oxygen atoms in total. The standard InChI is InChI=1S/C30H37N3O4S/c1-22(2)19-31-30(35)25(5)32(20-26-14-8-6-9-15-26)29(34)21-33(28-18-12-13-23(3)24(28)4)38(36,37)27-16-10-7-11-17-27/h6-18,22,25H,19-21H2,1-5H3,(H,31,35)/t25-/m0/s1. The van der Waals surface area contributed by atoms with E-state index in [0.29, 0.717) is 12.2 Å². The molecule has 202 valence electrons. The average molecular weight is 536 g/mol. The molecule has 2 amide bonds. The van der Waals surface area contributed by atoms with Crippen molar-refractivity contribution >= 4 is 27.5 Å². The molecular weight excluding hydrogens is 498 g/mol. The molecule has 0 saturated heterocycles. The van der Waals surface area contributed by atoms with Crippen LogP contribution in [0.5, 0.6) is 0 Å². The fourth-order valence-corrected chi connectivity index (χ4v) is 5.55. The van der Waals surface area contributed by atoms with E-state index in [-0.39, 0.29) is 23.3 Å². The second-order valence-corrected chi connectivity index (χ2v) is 11.7. The van der Waals surface area contributed by atoms with Crippen molar-refractivity contribution in [3.63, 3.8) is 0 Å². The van der Waals surface area contributed by atoms with Crippen LogP contribution in [-0.2, 0) is 26.2 Å². The minimum atomic E-state index is -4.08. The predicted molar refractivity (Wildman–Crippen MR) is 151 cm³/mol. The van der Waals surface area contributed by atoms with Gasteiger partial charge in [0.25, 0.3) is 10.0 Å². The second kappa shape index (κ2) is 12.7. The van der Waals surface area contributed by atoms with Gasteiger partial charge in [-0.1, -0.05) is 74.5 Å². The zero-order valence-electron chi connectivity index (χ0n) is 22.7. The van der Waals surface area contributed by atoms with Crippen molar-refractivity contribution in [2.24, 2.45) is 5.92 Å². The van der Waals surface area contributed by atoms with E-state index in [1.807, 2.05) is 64.1 Å². The van der Waals surface area contributed by atoms with Crippen molar-refractivity contribution < 1.29 is 18.0 Å². The molecule has 3 aromatic carbocycles. The van der Waals surface area contributed by atoms with Gasteiger partial charge in [0.05, 0.1) is 10.6 Å². The summed E-state index contributed by atoms with van der Waals surface area (Å²) in [5.74, 6) is -0.506. The fraction of sp³-hybridized carbons (Fsp3) is 0.333. The number of carbonyl (C=O) groups excluding carboxylic acids is 2. The van der Waals surface area contributed by atoms with Gasteiger partial charge >= 0.3 is 0 Å². The van der Waals surface area contributed by atoms with Crippen LogP contribution in [0.15, 0.2) is 83.8 Å². The maximum atomic E-state index is 13.9. The van der Waals surface area contributed by atoms with Gasteiger partial charge in [0.1, 0.15) is 12.6 Å². The van der Waals surface area contributed by atoms with Crippen LogP contribution in [0.2, 0.25) is 0 Å². The maximum Gasteiger partial charge on any atom is 0.264 e.